The van der Waals surface area contributed by atoms with Gasteiger partial charge in [-0.25, -0.2) is 19.2 Å². The molecule has 2 rings (SSSR count). The van der Waals surface area contributed by atoms with Gasteiger partial charge in [-0.2, -0.15) is 0 Å². The van der Waals surface area contributed by atoms with Gasteiger partial charge >= 0.3 is 0 Å². The molecule has 0 saturated carbocycles. The quantitative estimate of drug-likeness (QED) is 0.506. The normalized spacial score (nSPS) is 12.9. The van der Waals surface area contributed by atoms with Crippen LogP contribution in [0, 0.1) is 0 Å². The van der Waals surface area contributed by atoms with Gasteiger partial charge in [0.1, 0.15) is 23.8 Å². The molecule has 0 aliphatic heterocycles. The molecule has 0 unspecified atom stereocenters. The van der Waals surface area contributed by atoms with Gasteiger partial charge in [0.15, 0.2) is 0 Å². The molecule has 0 aromatic heterocycles. The predicted molar refractivity (Wildman–Crippen MR) is 61.1 cm³/mol. The van der Waals surface area contributed by atoms with E-state index in [1.165, 1.54) is 12.1 Å². The number of hydrogen-bond donors (Lipinski definition) is 0. The summed E-state index contributed by atoms with van der Waals surface area (Å²) in [5.74, 6) is 6.71. The van der Waals surface area contributed by atoms with Crippen LogP contribution in [0.5, 0.6) is 0 Å². The van der Waals surface area contributed by atoms with E-state index in [1.807, 2.05) is 0 Å². The van der Waals surface area contributed by atoms with E-state index < -0.39 is 0 Å². The van der Waals surface area contributed by atoms with E-state index in [1.54, 1.807) is 23.8 Å². The Kier molecular flexibility index (Phi) is 3.03. The van der Waals surface area contributed by atoms with Crippen molar-refractivity contribution in [3.63, 3.8) is 0 Å². The van der Waals surface area contributed by atoms with Gasteiger partial charge < -0.3 is 0 Å². The van der Waals surface area contributed by atoms with Crippen LogP contribution < -0.4 is 10.4 Å². The second kappa shape index (κ2) is 4.65. The van der Waals surface area contributed by atoms with Crippen molar-refractivity contribution >= 4 is 23.8 Å². The highest BCUT2D eigenvalue weighted by Gasteiger charge is 2.19. The lowest BCUT2D eigenvalue weighted by atomic mass is 9.85. The molecule has 1 aromatic carbocycles. The second-order valence-electron chi connectivity index (χ2n) is 3.89. The van der Waals surface area contributed by atoms with Gasteiger partial charge in [-0.15, -0.1) is 0 Å². The fraction of sp³-hybridized carbons (Fsp3) is 0.143. The summed E-state index contributed by atoms with van der Waals surface area (Å²) in [6, 6.07) is 2.98. The monoisotopic (exact) mass is 238 g/mol. The van der Waals surface area contributed by atoms with Crippen LogP contribution in [0.25, 0.3) is 0 Å². The summed E-state index contributed by atoms with van der Waals surface area (Å²) in [6.07, 6.45) is 0.411. The van der Waals surface area contributed by atoms with Gasteiger partial charge in [-0.3, -0.25) is 0 Å². The van der Waals surface area contributed by atoms with E-state index in [2.05, 4.69) is 0 Å². The van der Waals surface area contributed by atoms with Crippen LogP contribution in [-0.4, -0.2) is 23.8 Å². The zero-order valence-corrected chi connectivity index (χ0v) is 9.20. The van der Waals surface area contributed by atoms with Gasteiger partial charge in [-0.1, -0.05) is 0 Å². The van der Waals surface area contributed by atoms with Crippen molar-refractivity contribution in [3.8, 4) is 0 Å². The number of hydrogen-bond acceptors (Lipinski definition) is 4. The Bertz CT molecular complexity index is 724. The van der Waals surface area contributed by atoms with Crippen molar-refractivity contribution < 1.29 is 19.2 Å². The Morgan fingerprint density at radius 3 is 1.33 bits per heavy atom. The van der Waals surface area contributed by atoms with Crippen LogP contribution in [0.4, 0.5) is 0 Å². The maximum atomic E-state index is 10.7. The third kappa shape index (κ3) is 1.81. The Morgan fingerprint density at radius 2 is 1.06 bits per heavy atom. The third-order valence-electron chi connectivity index (χ3n) is 2.90. The molecule has 0 atom stereocenters. The van der Waals surface area contributed by atoms with Gasteiger partial charge in [0, 0.05) is 12.8 Å². The fourth-order valence-corrected chi connectivity index (χ4v) is 1.98. The van der Waals surface area contributed by atoms with Crippen LogP contribution in [0.1, 0.15) is 11.1 Å². The van der Waals surface area contributed by atoms with Crippen molar-refractivity contribution in [2.45, 2.75) is 12.8 Å². The molecule has 1 aliphatic carbocycles. The largest absolute Gasteiger partial charge is 0.233 e. The molecule has 1 aromatic rings. The van der Waals surface area contributed by atoms with Crippen LogP contribution >= 0.6 is 0 Å². The van der Waals surface area contributed by atoms with E-state index in [0.717, 1.165) is 0 Å². The molecular weight excluding hydrogens is 232 g/mol. The predicted octanol–water partition coefficient (Wildman–Crippen LogP) is -1.69. The van der Waals surface area contributed by atoms with Crippen LogP contribution in [-0.2, 0) is 32.0 Å². The van der Waals surface area contributed by atoms with E-state index in [4.69, 9.17) is 0 Å². The van der Waals surface area contributed by atoms with Crippen LogP contribution in [0.2, 0.25) is 0 Å². The van der Waals surface area contributed by atoms with Crippen molar-refractivity contribution in [1.82, 2.24) is 0 Å². The van der Waals surface area contributed by atoms with Gasteiger partial charge in [0.05, 0.1) is 21.6 Å². The molecule has 0 bridgehead atoms. The first kappa shape index (κ1) is 11.8. The maximum Gasteiger partial charge on any atom is 0.133 e. The number of fused-ring (bicyclic) bond motifs is 1. The summed E-state index contributed by atoms with van der Waals surface area (Å²) >= 11 is 0. The summed E-state index contributed by atoms with van der Waals surface area (Å²) in [6.45, 7) is 0. The van der Waals surface area contributed by atoms with Crippen molar-refractivity contribution in [3.05, 3.63) is 44.8 Å². The smallest absolute Gasteiger partial charge is 0.133 e. The molecule has 0 spiro atoms. The topological polar surface area (TPSA) is 68.3 Å². The highest BCUT2D eigenvalue weighted by atomic mass is 16.1. The maximum absolute atomic E-state index is 10.7. The first-order valence-electron chi connectivity index (χ1n) is 5.14. The van der Waals surface area contributed by atoms with Gasteiger partial charge in [0.25, 0.3) is 0 Å². The fourth-order valence-electron chi connectivity index (χ4n) is 1.98. The lowest BCUT2D eigenvalue weighted by Gasteiger charge is -2.16. The van der Waals surface area contributed by atoms with Gasteiger partial charge in [0.2, 0.25) is 0 Å². The Hall–Kier alpha value is -2.72. The standard InChI is InChI=1S/C14H6O4/c15-5-11-1-9-2-13(7-17)14(8-18)4-10(9)3-12(11)6-16/h1,3H,2,4H2. The van der Waals surface area contributed by atoms with E-state index in [0.29, 0.717) is 11.1 Å². The highest BCUT2D eigenvalue weighted by molar-refractivity contribution is 5.75. The Labute approximate surface area is 101 Å². The van der Waals surface area contributed by atoms with E-state index in [-0.39, 0.29) is 34.4 Å². The van der Waals surface area contributed by atoms with Crippen molar-refractivity contribution in [2.75, 3.05) is 0 Å². The average molecular weight is 238 g/mol. The molecule has 4 nitrogen and oxygen atoms in total. The number of allylic oxidation sites excluding steroid dienone is 2. The van der Waals surface area contributed by atoms with Crippen LogP contribution in [0.15, 0.2) is 23.3 Å². The first-order valence-corrected chi connectivity index (χ1v) is 5.14. The minimum Gasteiger partial charge on any atom is -0.233 e. The van der Waals surface area contributed by atoms with E-state index in [9.17, 15) is 19.2 Å². The molecule has 0 N–H and O–H groups in total. The van der Waals surface area contributed by atoms with Crippen LogP contribution in [0.3, 0.4) is 0 Å². The zero-order chi connectivity index (χ0) is 13.1. The number of carbonyl (C=O) groups excluding carboxylic acids is 4. The zero-order valence-electron chi connectivity index (χ0n) is 9.20. The highest BCUT2D eigenvalue weighted by Crippen LogP contribution is 2.24. The Balaban J connectivity index is 2.80. The summed E-state index contributed by atoms with van der Waals surface area (Å²) in [4.78, 5) is 42.8. The molecule has 86 valence electrons. The lowest BCUT2D eigenvalue weighted by molar-refractivity contribution is 0.562. The molecule has 0 heterocycles. The molecule has 0 amide bonds. The molecule has 0 radical (unpaired) electrons. The first-order chi connectivity index (χ1) is 8.73. The second-order valence-corrected chi connectivity index (χ2v) is 3.89. The van der Waals surface area contributed by atoms with Gasteiger partial charge in [-0.05, 0) is 23.3 Å². The Morgan fingerprint density at radius 1 is 0.667 bits per heavy atom. The van der Waals surface area contributed by atoms with Crippen molar-refractivity contribution in [2.24, 2.45) is 0 Å². The summed E-state index contributed by atoms with van der Waals surface area (Å²) in [5.41, 5.74) is 1.89. The molecule has 0 fully saturated rings. The van der Waals surface area contributed by atoms with Crippen molar-refractivity contribution in [1.29, 1.82) is 0 Å². The number of benzene rings is 1. The number of rotatable bonds is 0. The van der Waals surface area contributed by atoms with E-state index >= 15 is 0 Å². The average Bonchev–Trinajstić information content (AvgIpc) is 2.43. The minimum atomic E-state index is 0.104. The summed E-state index contributed by atoms with van der Waals surface area (Å²) < 4.78 is 0. The summed E-state index contributed by atoms with van der Waals surface area (Å²) in [7, 11) is 0. The third-order valence-corrected chi connectivity index (χ3v) is 2.90. The molecule has 4 heteroatoms. The SMILES string of the molecule is O=C=C1Cc2cc(=C=O)c(=C=O)cc2CC1=C=O. The lowest BCUT2D eigenvalue weighted by Crippen LogP contribution is -2.30. The summed E-state index contributed by atoms with van der Waals surface area (Å²) in [5, 5.41) is 0.208. The molecule has 1 aliphatic rings. The molecule has 18 heavy (non-hydrogen) atoms. The minimum absolute atomic E-state index is 0.104. The molecule has 0 saturated heterocycles. The molecular formula is C14H6O4.